The second-order valence-corrected chi connectivity index (χ2v) is 6.27. The van der Waals surface area contributed by atoms with Crippen LogP contribution in [0.1, 0.15) is 13.4 Å². The molecule has 1 radical (unpaired) electrons. The Morgan fingerprint density at radius 1 is 1.46 bits per heavy atom. The number of allylic oxidation sites excluding steroid dienone is 1. The Labute approximate surface area is 151 Å². The van der Waals surface area contributed by atoms with E-state index in [4.69, 9.17) is 0 Å². The number of amides is 1. The van der Waals surface area contributed by atoms with Crippen LogP contribution in [0.5, 0.6) is 0 Å². The third kappa shape index (κ3) is 3.63. The van der Waals surface area contributed by atoms with Crippen molar-refractivity contribution in [2.24, 2.45) is 11.0 Å². The van der Waals surface area contributed by atoms with E-state index in [0.29, 0.717) is 18.8 Å². The van der Waals surface area contributed by atoms with Crippen molar-refractivity contribution >= 4 is 11.6 Å². The van der Waals surface area contributed by atoms with Gasteiger partial charge >= 0.3 is 6.18 Å². The van der Waals surface area contributed by atoms with Crippen molar-refractivity contribution in [2.75, 3.05) is 25.0 Å². The number of rotatable bonds is 4. The fourth-order valence-electron chi connectivity index (χ4n) is 3.14. The number of halogens is 3. The lowest BCUT2D eigenvalue weighted by molar-refractivity contribution is -0.512. The maximum atomic E-state index is 12.8. The SMILES string of the molecule is C=CC(=O)NCC1CC2=C([CH]N=[N+]2C)N(c2ccc(C(F)(F)F)cc2)C1.[HH]. The fourth-order valence-corrected chi connectivity index (χ4v) is 3.14. The molecule has 1 aromatic rings. The molecule has 1 aromatic carbocycles. The van der Waals surface area contributed by atoms with Gasteiger partial charge in [-0.15, -0.1) is 0 Å². The minimum absolute atomic E-state index is 0. The Hall–Kier alpha value is -2.64. The van der Waals surface area contributed by atoms with Gasteiger partial charge in [-0.25, -0.2) is 0 Å². The highest BCUT2D eigenvalue weighted by Gasteiger charge is 2.38. The van der Waals surface area contributed by atoms with Crippen LogP contribution in [0.25, 0.3) is 0 Å². The van der Waals surface area contributed by atoms with Crippen molar-refractivity contribution in [3.05, 3.63) is 60.4 Å². The highest BCUT2D eigenvalue weighted by molar-refractivity contribution is 5.86. The summed E-state index contributed by atoms with van der Waals surface area (Å²) in [5.41, 5.74) is 1.83. The van der Waals surface area contributed by atoms with Crippen LogP contribution in [0.2, 0.25) is 0 Å². The van der Waals surface area contributed by atoms with E-state index >= 15 is 0 Å². The van der Waals surface area contributed by atoms with Crippen LogP contribution >= 0.6 is 0 Å². The summed E-state index contributed by atoms with van der Waals surface area (Å²) in [5.74, 6) is -0.147. The number of carbonyl (C=O) groups excluding carboxylic acids is 1. The molecule has 2 heterocycles. The van der Waals surface area contributed by atoms with Gasteiger partial charge in [-0.2, -0.15) is 13.2 Å². The predicted octanol–water partition coefficient (Wildman–Crippen LogP) is 3.56. The third-order valence-corrected chi connectivity index (χ3v) is 4.51. The Morgan fingerprint density at radius 3 is 2.77 bits per heavy atom. The Balaban J connectivity index is 0.00000261. The Bertz CT molecular complexity index is 787. The summed E-state index contributed by atoms with van der Waals surface area (Å²) in [6.45, 7) is 6.16. The van der Waals surface area contributed by atoms with E-state index < -0.39 is 11.7 Å². The number of nitrogens with one attached hydrogen (secondary N) is 1. The molecule has 3 rings (SSSR count). The molecule has 0 saturated carbocycles. The summed E-state index contributed by atoms with van der Waals surface area (Å²) in [6, 6.07) is 5.08. The van der Waals surface area contributed by atoms with Crippen LogP contribution in [0.15, 0.2) is 53.4 Å². The second-order valence-electron chi connectivity index (χ2n) is 6.27. The summed E-state index contributed by atoms with van der Waals surface area (Å²) in [4.78, 5) is 13.4. The van der Waals surface area contributed by atoms with Crippen molar-refractivity contribution in [1.82, 2.24) is 5.32 Å². The summed E-state index contributed by atoms with van der Waals surface area (Å²) >= 11 is 0. The quantitative estimate of drug-likeness (QED) is 0.654. The lowest BCUT2D eigenvalue weighted by Crippen LogP contribution is -2.40. The molecule has 0 bridgehead atoms. The summed E-state index contributed by atoms with van der Waals surface area (Å²) in [5, 5.41) is 7.05. The summed E-state index contributed by atoms with van der Waals surface area (Å²) < 4.78 is 40.2. The van der Waals surface area contributed by atoms with Gasteiger partial charge in [0.1, 0.15) is 5.70 Å². The van der Waals surface area contributed by atoms with Crippen LogP contribution in [0.4, 0.5) is 18.9 Å². The number of hydrogen-bond acceptors (Lipinski definition) is 3. The van der Waals surface area contributed by atoms with Gasteiger partial charge in [-0.1, -0.05) is 11.3 Å². The molecule has 2 aliphatic heterocycles. The smallest absolute Gasteiger partial charge is 0.352 e. The van der Waals surface area contributed by atoms with Crippen molar-refractivity contribution in [2.45, 2.75) is 12.6 Å². The van der Waals surface area contributed by atoms with Crippen molar-refractivity contribution in [1.29, 1.82) is 0 Å². The number of alkyl halides is 3. The highest BCUT2D eigenvalue weighted by atomic mass is 19.4. The molecule has 26 heavy (non-hydrogen) atoms. The number of benzene rings is 1. The summed E-state index contributed by atoms with van der Waals surface area (Å²) in [6.07, 6.45) is -2.43. The minimum atomic E-state index is -4.36. The zero-order chi connectivity index (χ0) is 18.9. The van der Waals surface area contributed by atoms with Gasteiger partial charge in [0.2, 0.25) is 11.6 Å². The van der Waals surface area contributed by atoms with Crippen molar-refractivity contribution in [3.8, 4) is 0 Å². The maximum Gasteiger partial charge on any atom is 0.416 e. The summed E-state index contributed by atoms with van der Waals surface area (Å²) in [7, 11) is 1.83. The Kier molecular flexibility index (Phi) is 4.84. The molecule has 8 heteroatoms. The first-order valence-corrected chi connectivity index (χ1v) is 8.15. The lowest BCUT2D eigenvalue weighted by Gasteiger charge is -2.33. The molecule has 2 aliphatic rings. The van der Waals surface area contributed by atoms with Crippen molar-refractivity contribution < 1.29 is 24.1 Å². The van der Waals surface area contributed by atoms with Gasteiger partial charge in [0, 0.05) is 32.5 Å². The Morgan fingerprint density at radius 2 is 2.15 bits per heavy atom. The van der Waals surface area contributed by atoms with Gasteiger partial charge in [0.25, 0.3) is 0 Å². The first kappa shape index (κ1) is 18.2. The molecule has 5 nitrogen and oxygen atoms in total. The predicted molar refractivity (Wildman–Crippen MR) is 92.2 cm³/mol. The topological polar surface area (TPSA) is 47.7 Å². The van der Waals surface area contributed by atoms with Crippen LogP contribution < -0.4 is 10.2 Å². The lowest BCUT2D eigenvalue weighted by atomic mass is 9.95. The molecule has 0 aromatic heterocycles. The van der Waals surface area contributed by atoms with E-state index in [2.05, 4.69) is 17.0 Å². The molecule has 0 saturated heterocycles. The van der Waals surface area contributed by atoms with Gasteiger partial charge in [0.05, 0.1) is 5.56 Å². The molecule has 0 fully saturated rings. The first-order chi connectivity index (χ1) is 12.3. The van der Waals surface area contributed by atoms with E-state index in [1.165, 1.54) is 18.2 Å². The third-order valence-electron chi connectivity index (χ3n) is 4.51. The van der Waals surface area contributed by atoms with E-state index in [9.17, 15) is 18.0 Å². The molecule has 1 atom stereocenters. The molecule has 1 N–H and O–H groups in total. The average Bonchev–Trinajstić information content (AvgIpc) is 2.99. The maximum absolute atomic E-state index is 12.8. The minimum Gasteiger partial charge on any atom is -0.352 e. The number of carbonyl (C=O) groups is 1. The van der Waals surface area contributed by atoms with E-state index in [1.807, 2.05) is 11.9 Å². The van der Waals surface area contributed by atoms with Crippen LogP contribution in [-0.4, -0.2) is 30.7 Å². The van der Waals surface area contributed by atoms with Crippen LogP contribution in [0.3, 0.4) is 0 Å². The van der Waals surface area contributed by atoms with E-state index in [1.54, 1.807) is 11.2 Å². The molecular weight excluding hydrogens is 345 g/mol. The first-order valence-electron chi connectivity index (χ1n) is 8.15. The van der Waals surface area contributed by atoms with Crippen LogP contribution in [0, 0.1) is 12.5 Å². The zero-order valence-corrected chi connectivity index (χ0v) is 14.3. The average molecular weight is 366 g/mol. The van der Waals surface area contributed by atoms with Gasteiger partial charge in [0.15, 0.2) is 13.6 Å². The van der Waals surface area contributed by atoms with Gasteiger partial charge in [-0.05, 0) is 35.5 Å². The zero-order valence-electron chi connectivity index (χ0n) is 14.3. The number of nitrogens with zero attached hydrogens (tertiary/aromatic N) is 3. The fraction of sp³-hybridized carbons (Fsp3) is 0.333. The monoisotopic (exact) mass is 366 g/mol. The molecule has 0 aliphatic carbocycles. The van der Waals surface area contributed by atoms with Gasteiger partial charge in [-0.3, -0.25) is 4.79 Å². The number of azo groups is 2. The van der Waals surface area contributed by atoms with E-state index in [0.717, 1.165) is 29.9 Å². The van der Waals surface area contributed by atoms with E-state index in [-0.39, 0.29) is 13.3 Å². The van der Waals surface area contributed by atoms with Crippen LogP contribution in [-0.2, 0) is 11.0 Å². The molecule has 0 spiro atoms. The molecule has 139 valence electrons. The standard InChI is InChI=1S/C18H18F3N4O.H2/c1-3-17(26)22-9-12-8-15-16(10-23-24(15)2)25(11-12)14-6-4-13(5-7-14)18(19,20)21;/h3-7,10,12H,1,8-9,11H2,2H3;1H/p+1. The largest absolute Gasteiger partial charge is 0.416 e. The van der Waals surface area contributed by atoms with Gasteiger partial charge < -0.3 is 10.2 Å². The molecule has 1 amide bonds. The second kappa shape index (κ2) is 6.93. The highest BCUT2D eigenvalue weighted by Crippen LogP contribution is 2.37. The van der Waals surface area contributed by atoms with Crippen molar-refractivity contribution in [3.63, 3.8) is 0 Å². The molecular formula is C18H21F3N4O+. The number of anilines is 1. The normalized spacial score (nSPS) is 19.9. The number of hydrogen-bond donors (Lipinski definition) is 1. The molecule has 1 unspecified atom stereocenters.